The summed E-state index contributed by atoms with van der Waals surface area (Å²) in [5.74, 6) is 1.08. The minimum atomic E-state index is -3.53. The molecule has 0 aliphatic heterocycles. The van der Waals surface area contributed by atoms with Crippen molar-refractivity contribution in [2.75, 3.05) is 0 Å². The van der Waals surface area contributed by atoms with E-state index < -0.39 is 26.9 Å². The Hall–Kier alpha value is -8.08. The summed E-state index contributed by atoms with van der Waals surface area (Å²) in [6, 6.07) is 77.5. The van der Waals surface area contributed by atoms with Crippen LogP contribution in [0.4, 0.5) is 0 Å². The number of hydrogen-bond donors (Lipinski definition) is 2. The van der Waals surface area contributed by atoms with Crippen molar-refractivity contribution in [3.63, 3.8) is 0 Å². The van der Waals surface area contributed by atoms with E-state index >= 15 is 0 Å². The van der Waals surface area contributed by atoms with Crippen molar-refractivity contribution in [2.45, 2.75) is 12.2 Å². The summed E-state index contributed by atoms with van der Waals surface area (Å²) in [6.45, 7) is 0. The Morgan fingerprint density at radius 3 is 0.889 bits per heavy atom. The second kappa shape index (κ2) is 17.3. The maximum absolute atomic E-state index is 15.0. The van der Waals surface area contributed by atoms with Crippen LogP contribution in [0.15, 0.2) is 243 Å². The molecule has 0 aromatic heterocycles. The number of aliphatic hydroxyl groups excluding tert-OH is 2. The quantitative estimate of drug-likeness (QED) is 0.0936. The number of benzene rings is 13. The van der Waals surface area contributed by atoms with Crippen LogP contribution >= 0.6 is 14.7 Å². The molecule has 0 amide bonds. The van der Waals surface area contributed by atoms with Crippen LogP contribution in [0.25, 0.3) is 64.6 Å². The van der Waals surface area contributed by atoms with E-state index in [0.29, 0.717) is 43.8 Å². The molecule has 13 rings (SSSR count). The summed E-state index contributed by atoms with van der Waals surface area (Å²) in [4.78, 5) is 0. The second-order valence-electron chi connectivity index (χ2n) is 18.5. The molecule has 0 aliphatic carbocycles. The Morgan fingerprint density at radius 1 is 0.292 bits per heavy atom. The van der Waals surface area contributed by atoms with Gasteiger partial charge in [0.15, 0.2) is 0 Å². The standard InChI is InChI=1S/C64H44O6P2/c65-63(49-37-45-27-21-41-31-35-57(55-33-29-47(39-49)59(45)61(41)55)69-71(67,51-13-5-1-6-14-51)52-15-7-2-8-16-52)43-23-25-44(26-24-43)64(66)50-38-46-28-22-42-32-36-58(56-34-30-48(40-50)60(46)62(42)56)70-72(68,53-17-9-3-10-18-53)54-19-11-4-12-20-54/h1-40,63-66H. The van der Waals surface area contributed by atoms with Crippen molar-refractivity contribution in [2.24, 2.45) is 0 Å². The van der Waals surface area contributed by atoms with Gasteiger partial charge >= 0.3 is 14.7 Å². The highest BCUT2D eigenvalue weighted by Crippen LogP contribution is 2.51. The fourth-order valence-corrected chi connectivity index (χ4v) is 14.8. The molecule has 13 aromatic rings. The van der Waals surface area contributed by atoms with Crippen LogP contribution in [0.5, 0.6) is 11.5 Å². The lowest BCUT2D eigenvalue weighted by atomic mass is 9.89. The zero-order chi connectivity index (χ0) is 48.6. The van der Waals surface area contributed by atoms with Gasteiger partial charge in [-0.15, -0.1) is 0 Å². The molecular formula is C64H44O6P2. The molecule has 0 bridgehead atoms. The fraction of sp³-hybridized carbons (Fsp3) is 0.0312. The van der Waals surface area contributed by atoms with Crippen molar-refractivity contribution < 1.29 is 28.4 Å². The Balaban J connectivity index is 0.796. The van der Waals surface area contributed by atoms with Crippen molar-refractivity contribution in [1.82, 2.24) is 0 Å². The summed E-state index contributed by atoms with van der Waals surface area (Å²) in [5, 5.41) is 38.1. The molecule has 2 N–H and O–H groups in total. The lowest BCUT2D eigenvalue weighted by Gasteiger charge is -2.23. The number of hydrogen-bond acceptors (Lipinski definition) is 6. The molecule has 72 heavy (non-hydrogen) atoms. The van der Waals surface area contributed by atoms with Gasteiger partial charge in [-0.2, -0.15) is 0 Å². The van der Waals surface area contributed by atoms with Gasteiger partial charge in [-0.3, -0.25) is 9.13 Å². The third kappa shape index (κ3) is 7.26. The molecule has 0 fully saturated rings. The van der Waals surface area contributed by atoms with Crippen molar-refractivity contribution in [3.8, 4) is 11.5 Å². The third-order valence-electron chi connectivity index (χ3n) is 14.2. The van der Waals surface area contributed by atoms with Crippen LogP contribution in [0.2, 0.25) is 0 Å². The number of rotatable bonds is 12. The van der Waals surface area contributed by atoms with E-state index in [-0.39, 0.29) is 0 Å². The summed E-state index contributed by atoms with van der Waals surface area (Å²) >= 11 is 0. The lowest BCUT2D eigenvalue weighted by Crippen LogP contribution is -2.20. The molecule has 346 valence electrons. The zero-order valence-corrected chi connectivity index (χ0v) is 40.5. The largest absolute Gasteiger partial charge is 0.436 e. The molecule has 8 heteroatoms. The fourth-order valence-electron chi connectivity index (χ4n) is 10.6. The Labute approximate surface area is 415 Å². The Kier molecular flexibility index (Phi) is 10.6. The van der Waals surface area contributed by atoms with Crippen LogP contribution in [0, 0.1) is 0 Å². The molecule has 0 saturated carbocycles. The molecule has 6 nitrogen and oxygen atoms in total. The van der Waals surface area contributed by atoms with E-state index in [4.69, 9.17) is 9.05 Å². The molecule has 0 aliphatic rings. The summed E-state index contributed by atoms with van der Waals surface area (Å²) < 4.78 is 43.3. The average Bonchev–Trinajstić information content (AvgIpc) is 3.44. The van der Waals surface area contributed by atoms with E-state index in [2.05, 4.69) is 24.3 Å². The Morgan fingerprint density at radius 2 is 0.569 bits per heavy atom. The first-order chi connectivity index (χ1) is 35.2. The minimum absolute atomic E-state index is 0.540. The minimum Gasteiger partial charge on any atom is -0.436 e. The lowest BCUT2D eigenvalue weighted by molar-refractivity contribution is 0.216. The summed E-state index contributed by atoms with van der Waals surface area (Å²) in [7, 11) is -7.05. The smallest absolute Gasteiger partial charge is 0.306 e. The van der Waals surface area contributed by atoms with Crippen molar-refractivity contribution >= 4 is 101 Å². The monoisotopic (exact) mass is 970 g/mol. The van der Waals surface area contributed by atoms with E-state index in [0.717, 1.165) is 75.8 Å². The molecule has 0 spiro atoms. The van der Waals surface area contributed by atoms with Crippen molar-refractivity contribution in [3.05, 3.63) is 265 Å². The van der Waals surface area contributed by atoms with E-state index in [9.17, 15) is 19.3 Å². The van der Waals surface area contributed by atoms with Crippen LogP contribution in [0.1, 0.15) is 34.5 Å². The molecular weight excluding hydrogens is 927 g/mol. The van der Waals surface area contributed by atoms with Crippen LogP contribution < -0.4 is 30.3 Å². The van der Waals surface area contributed by atoms with Gasteiger partial charge in [0.1, 0.15) is 23.7 Å². The summed E-state index contributed by atoms with van der Waals surface area (Å²) in [6.07, 6.45) is -1.86. The van der Waals surface area contributed by atoms with E-state index in [1.165, 1.54) is 0 Å². The average molecular weight is 971 g/mol. The van der Waals surface area contributed by atoms with Gasteiger partial charge in [0.25, 0.3) is 0 Å². The van der Waals surface area contributed by atoms with Gasteiger partial charge in [0.2, 0.25) is 0 Å². The Bertz CT molecular complexity index is 3840. The second-order valence-corrected chi connectivity index (χ2v) is 23.1. The first kappa shape index (κ1) is 43.9. The highest BCUT2D eigenvalue weighted by Gasteiger charge is 2.33. The molecule has 0 radical (unpaired) electrons. The molecule has 0 saturated heterocycles. The van der Waals surface area contributed by atoms with Crippen LogP contribution in [0.3, 0.4) is 0 Å². The normalized spacial score (nSPS) is 13.1. The molecule has 0 heterocycles. The maximum Gasteiger partial charge on any atom is 0.306 e. The highest BCUT2D eigenvalue weighted by molar-refractivity contribution is 7.75. The topological polar surface area (TPSA) is 93.1 Å². The highest BCUT2D eigenvalue weighted by atomic mass is 31.2. The van der Waals surface area contributed by atoms with E-state index in [1.54, 1.807) is 0 Å². The predicted octanol–water partition coefficient (Wildman–Crippen LogP) is 14.3. The van der Waals surface area contributed by atoms with Gasteiger partial charge in [-0.05, 0) is 162 Å². The number of aliphatic hydroxyl groups is 2. The first-order valence-corrected chi connectivity index (χ1v) is 27.2. The molecule has 2 atom stereocenters. The molecule has 2 unspecified atom stereocenters. The predicted molar refractivity (Wildman–Crippen MR) is 296 cm³/mol. The third-order valence-corrected chi connectivity index (χ3v) is 19.0. The van der Waals surface area contributed by atoms with Gasteiger partial charge in [0.05, 0.1) is 21.2 Å². The summed E-state index contributed by atoms with van der Waals surface area (Å²) in [5.41, 5.74) is 2.88. The SMILES string of the molecule is O=P(Oc1ccc2ccc3cc(C(O)c4ccc(C(O)c5cc6ccc7ccc(OP(=O)(c8ccccc8)c8ccccc8)c8ccc(c5)c6c78)cc4)cc4ccc1c2c34)(c1ccccc1)c1ccccc1. The van der Waals surface area contributed by atoms with Gasteiger partial charge in [-0.25, -0.2) is 0 Å². The van der Waals surface area contributed by atoms with Crippen LogP contribution in [-0.2, 0) is 9.13 Å². The zero-order valence-electron chi connectivity index (χ0n) is 38.7. The van der Waals surface area contributed by atoms with Crippen molar-refractivity contribution in [1.29, 1.82) is 0 Å². The maximum atomic E-state index is 15.0. The van der Waals surface area contributed by atoms with Gasteiger partial charge in [-0.1, -0.05) is 146 Å². The van der Waals surface area contributed by atoms with Gasteiger partial charge in [0, 0.05) is 21.5 Å². The van der Waals surface area contributed by atoms with E-state index in [1.807, 2.05) is 218 Å². The first-order valence-electron chi connectivity index (χ1n) is 23.9. The molecule has 13 aromatic carbocycles. The van der Waals surface area contributed by atoms with Gasteiger partial charge < -0.3 is 19.3 Å². The van der Waals surface area contributed by atoms with Crippen LogP contribution in [-0.4, -0.2) is 10.2 Å².